The lowest BCUT2D eigenvalue weighted by Gasteiger charge is -2.02. The van der Waals surface area contributed by atoms with Crippen LogP contribution in [-0.2, 0) is 0 Å². The van der Waals surface area contributed by atoms with Gasteiger partial charge < -0.3 is 10.4 Å². The van der Waals surface area contributed by atoms with Crippen molar-refractivity contribution in [2.24, 2.45) is 5.92 Å². The molecule has 17 heavy (non-hydrogen) atoms. The minimum absolute atomic E-state index is 0.140. The van der Waals surface area contributed by atoms with E-state index in [1.165, 1.54) is 19.0 Å². The van der Waals surface area contributed by atoms with E-state index in [1.54, 1.807) is 12.1 Å². The Hall–Kier alpha value is -1.86. The number of hydrogen-bond acceptors (Lipinski definition) is 3. The number of nitrogens with one attached hydrogen (secondary N) is 1. The monoisotopic (exact) mass is 230 g/mol. The summed E-state index contributed by atoms with van der Waals surface area (Å²) < 4.78 is 0. The molecule has 1 amide bonds. The topological polar surface area (TPSA) is 62.2 Å². The first kappa shape index (κ1) is 11.6. The largest absolute Gasteiger partial charge is 0.384 e. The van der Waals surface area contributed by atoms with Gasteiger partial charge in [0.1, 0.15) is 12.3 Å². The number of rotatable bonds is 3. The zero-order valence-corrected chi connectivity index (χ0v) is 9.44. The number of hydrogen-bond donors (Lipinski definition) is 2. The van der Waals surface area contributed by atoms with Crippen LogP contribution >= 0.6 is 0 Å². The number of aromatic nitrogens is 1. The molecule has 0 aromatic carbocycles. The Morgan fingerprint density at radius 1 is 1.53 bits per heavy atom. The van der Waals surface area contributed by atoms with E-state index in [-0.39, 0.29) is 12.5 Å². The summed E-state index contributed by atoms with van der Waals surface area (Å²) >= 11 is 0. The molecule has 0 atom stereocenters. The van der Waals surface area contributed by atoms with Crippen molar-refractivity contribution in [2.45, 2.75) is 12.8 Å². The normalized spacial score (nSPS) is 13.7. The van der Waals surface area contributed by atoms with Gasteiger partial charge in [-0.3, -0.25) is 4.79 Å². The molecule has 1 aromatic rings. The summed E-state index contributed by atoms with van der Waals surface area (Å²) in [5.74, 6) is 5.77. The highest BCUT2D eigenvalue weighted by Crippen LogP contribution is 2.27. The summed E-state index contributed by atoms with van der Waals surface area (Å²) in [6, 6.07) is 3.37. The number of carbonyl (C=O) groups excluding carboxylic acids is 1. The lowest BCUT2D eigenvalue weighted by molar-refractivity contribution is 0.0947. The molecule has 0 unspecified atom stereocenters. The van der Waals surface area contributed by atoms with Crippen molar-refractivity contribution in [1.29, 1.82) is 0 Å². The van der Waals surface area contributed by atoms with Crippen molar-refractivity contribution in [3.8, 4) is 11.8 Å². The Balaban J connectivity index is 1.93. The van der Waals surface area contributed by atoms with Crippen LogP contribution in [0, 0.1) is 17.8 Å². The summed E-state index contributed by atoms with van der Waals surface area (Å²) in [4.78, 5) is 15.7. The van der Waals surface area contributed by atoms with E-state index in [9.17, 15) is 4.79 Å². The number of carbonyl (C=O) groups is 1. The second kappa shape index (κ2) is 5.46. The maximum Gasteiger partial charge on any atom is 0.269 e. The standard InChI is InChI=1S/C13H14N2O2/c16-7-1-2-10-5-6-12(14-8-10)13(17)15-9-11-3-4-11/h5-6,8,11,16H,3-4,7,9H2,(H,15,17). The molecule has 1 aliphatic carbocycles. The first-order valence-corrected chi connectivity index (χ1v) is 5.63. The van der Waals surface area contributed by atoms with Gasteiger partial charge in [0.05, 0.1) is 0 Å². The summed E-state index contributed by atoms with van der Waals surface area (Å²) in [6.45, 7) is 0.566. The molecular formula is C13H14N2O2. The summed E-state index contributed by atoms with van der Waals surface area (Å²) in [5.41, 5.74) is 1.10. The van der Waals surface area contributed by atoms with Gasteiger partial charge in [-0.05, 0) is 30.9 Å². The second-order valence-corrected chi connectivity index (χ2v) is 4.05. The van der Waals surface area contributed by atoms with Gasteiger partial charge in [0, 0.05) is 18.3 Å². The number of nitrogens with zero attached hydrogens (tertiary/aromatic N) is 1. The highest BCUT2D eigenvalue weighted by molar-refractivity contribution is 5.92. The molecule has 0 spiro atoms. The molecule has 4 nitrogen and oxygen atoms in total. The number of pyridine rings is 1. The van der Waals surface area contributed by atoms with Crippen molar-refractivity contribution in [3.63, 3.8) is 0 Å². The third kappa shape index (κ3) is 3.58. The molecule has 1 heterocycles. The van der Waals surface area contributed by atoms with E-state index < -0.39 is 0 Å². The minimum Gasteiger partial charge on any atom is -0.384 e. The third-order valence-corrected chi connectivity index (χ3v) is 2.56. The zero-order valence-electron chi connectivity index (χ0n) is 9.44. The Bertz CT molecular complexity index is 453. The Morgan fingerprint density at radius 3 is 2.94 bits per heavy atom. The average Bonchev–Trinajstić information content (AvgIpc) is 3.18. The quantitative estimate of drug-likeness (QED) is 0.746. The van der Waals surface area contributed by atoms with Crippen molar-refractivity contribution >= 4 is 5.91 Å². The van der Waals surface area contributed by atoms with Crippen LogP contribution in [0.2, 0.25) is 0 Å². The maximum atomic E-state index is 11.7. The summed E-state index contributed by atoms with van der Waals surface area (Å²) in [6.07, 6.45) is 3.96. The molecule has 1 saturated carbocycles. The fourth-order valence-electron chi connectivity index (χ4n) is 1.39. The van der Waals surface area contributed by atoms with Crippen molar-refractivity contribution in [1.82, 2.24) is 10.3 Å². The van der Waals surface area contributed by atoms with E-state index in [0.717, 1.165) is 6.54 Å². The Kier molecular flexibility index (Phi) is 3.73. The number of amides is 1. The number of aliphatic hydroxyl groups excluding tert-OH is 1. The van der Waals surface area contributed by atoms with Gasteiger partial charge in [0.15, 0.2) is 0 Å². The first-order valence-electron chi connectivity index (χ1n) is 5.63. The molecule has 0 bridgehead atoms. The lowest BCUT2D eigenvalue weighted by atomic mass is 10.2. The van der Waals surface area contributed by atoms with E-state index in [0.29, 0.717) is 17.2 Å². The molecule has 2 rings (SSSR count). The molecule has 88 valence electrons. The van der Waals surface area contributed by atoms with Crippen LogP contribution in [0.1, 0.15) is 28.9 Å². The van der Waals surface area contributed by atoms with Crippen LogP contribution in [0.5, 0.6) is 0 Å². The third-order valence-electron chi connectivity index (χ3n) is 2.56. The van der Waals surface area contributed by atoms with Gasteiger partial charge in [-0.25, -0.2) is 4.98 Å². The van der Waals surface area contributed by atoms with E-state index in [1.807, 2.05) is 0 Å². The predicted molar refractivity (Wildman–Crippen MR) is 63.3 cm³/mol. The van der Waals surface area contributed by atoms with Crippen LogP contribution in [0.3, 0.4) is 0 Å². The van der Waals surface area contributed by atoms with Gasteiger partial charge in [-0.15, -0.1) is 0 Å². The zero-order chi connectivity index (χ0) is 12.1. The van der Waals surface area contributed by atoms with Gasteiger partial charge in [-0.2, -0.15) is 0 Å². The van der Waals surface area contributed by atoms with Crippen molar-refractivity contribution < 1.29 is 9.90 Å². The van der Waals surface area contributed by atoms with Crippen molar-refractivity contribution in [2.75, 3.05) is 13.2 Å². The fourth-order valence-corrected chi connectivity index (χ4v) is 1.39. The van der Waals surface area contributed by atoms with Crippen molar-refractivity contribution in [3.05, 3.63) is 29.6 Å². The Morgan fingerprint density at radius 2 is 2.35 bits per heavy atom. The lowest BCUT2D eigenvalue weighted by Crippen LogP contribution is -2.26. The molecule has 2 N–H and O–H groups in total. The summed E-state index contributed by atoms with van der Waals surface area (Å²) in [7, 11) is 0. The van der Waals surface area contributed by atoms with Crippen LogP contribution < -0.4 is 5.32 Å². The van der Waals surface area contributed by atoms with Crippen LogP contribution in [0.4, 0.5) is 0 Å². The van der Waals surface area contributed by atoms with E-state index >= 15 is 0 Å². The summed E-state index contributed by atoms with van der Waals surface area (Å²) in [5, 5.41) is 11.4. The highest BCUT2D eigenvalue weighted by atomic mass is 16.2. The van der Waals surface area contributed by atoms with E-state index in [2.05, 4.69) is 22.1 Å². The fraction of sp³-hybridized carbons (Fsp3) is 0.385. The molecule has 1 fully saturated rings. The molecule has 4 heteroatoms. The Labute approximate surface area is 100 Å². The minimum atomic E-state index is -0.177. The van der Waals surface area contributed by atoms with Gasteiger partial charge in [0.25, 0.3) is 5.91 Å². The van der Waals surface area contributed by atoms with Gasteiger partial charge in [-0.1, -0.05) is 11.8 Å². The molecular weight excluding hydrogens is 216 g/mol. The molecule has 0 radical (unpaired) electrons. The number of aliphatic hydroxyl groups is 1. The van der Waals surface area contributed by atoms with Gasteiger partial charge in [0.2, 0.25) is 0 Å². The van der Waals surface area contributed by atoms with E-state index in [4.69, 9.17) is 5.11 Å². The molecule has 0 saturated heterocycles. The molecule has 0 aliphatic heterocycles. The SMILES string of the molecule is O=C(NCC1CC1)c1ccc(C#CCO)cn1. The van der Waals surface area contributed by atoms with Crippen LogP contribution in [0.25, 0.3) is 0 Å². The smallest absolute Gasteiger partial charge is 0.269 e. The second-order valence-electron chi connectivity index (χ2n) is 4.05. The average molecular weight is 230 g/mol. The first-order chi connectivity index (χ1) is 8.29. The molecule has 1 aromatic heterocycles. The maximum absolute atomic E-state index is 11.7. The van der Waals surface area contributed by atoms with Gasteiger partial charge >= 0.3 is 0 Å². The highest BCUT2D eigenvalue weighted by Gasteiger charge is 2.21. The van der Waals surface area contributed by atoms with Crippen LogP contribution in [-0.4, -0.2) is 29.1 Å². The van der Waals surface area contributed by atoms with Crippen LogP contribution in [0.15, 0.2) is 18.3 Å². The molecule has 1 aliphatic rings. The predicted octanol–water partition coefficient (Wildman–Crippen LogP) is 0.565.